The molecule has 1 aromatic carbocycles. The molecule has 0 aliphatic carbocycles. The second-order valence-electron chi connectivity index (χ2n) is 6.54. The number of hydrogen-bond donors (Lipinski definition) is 0. The van der Waals surface area contributed by atoms with Gasteiger partial charge in [0, 0.05) is 11.3 Å². The third kappa shape index (κ3) is 4.13. The Labute approximate surface area is 175 Å². The Kier molecular flexibility index (Phi) is 5.55. The van der Waals surface area contributed by atoms with Gasteiger partial charge in [0.15, 0.2) is 6.61 Å². The van der Waals surface area contributed by atoms with Crippen LogP contribution in [0.5, 0.6) is 0 Å². The summed E-state index contributed by atoms with van der Waals surface area (Å²) in [5.41, 5.74) is 1.34. The first-order valence-electron chi connectivity index (χ1n) is 8.93. The lowest BCUT2D eigenvalue weighted by atomic mass is 10.1. The monoisotopic (exact) mass is 428 g/mol. The third-order valence-corrected chi connectivity index (χ3v) is 6.47. The average Bonchev–Trinajstić information content (AvgIpc) is 3.48. The number of ether oxygens (including phenoxy) is 1. The minimum absolute atomic E-state index is 0.0694. The zero-order chi connectivity index (χ0) is 20.4. The van der Waals surface area contributed by atoms with Gasteiger partial charge in [-0.15, -0.1) is 22.7 Å². The van der Waals surface area contributed by atoms with Crippen LogP contribution < -0.4 is 0 Å². The van der Waals surface area contributed by atoms with Gasteiger partial charge in [-0.3, -0.25) is 4.79 Å². The maximum absolute atomic E-state index is 13.7. The van der Waals surface area contributed by atoms with Gasteiger partial charge < -0.3 is 4.74 Å². The summed E-state index contributed by atoms with van der Waals surface area (Å²) in [5.74, 6) is -1.66. The SMILES string of the molecule is Cc1ccc(C(=O)OCC(=O)N2N=C(c3cccs3)CC2c2cccs2)cc1F. The molecule has 148 valence electrons. The van der Waals surface area contributed by atoms with Gasteiger partial charge in [-0.05, 0) is 47.5 Å². The molecule has 4 rings (SSSR count). The van der Waals surface area contributed by atoms with Crippen LogP contribution >= 0.6 is 22.7 Å². The van der Waals surface area contributed by atoms with Gasteiger partial charge in [-0.1, -0.05) is 18.2 Å². The van der Waals surface area contributed by atoms with Gasteiger partial charge in [0.25, 0.3) is 5.91 Å². The number of amides is 1. The summed E-state index contributed by atoms with van der Waals surface area (Å²) >= 11 is 3.12. The lowest BCUT2D eigenvalue weighted by Crippen LogP contribution is -2.31. The summed E-state index contributed by atoms with van der Waals surface area (Å²) in [6.45, 7) is 1.15. The number of carbonyl (C=O) groups excluding carboxylic acids is 2. The number of esters is 1. The van der Waals surface area contributed by atoms with Crippen LogP contribution in [-0.2, 0) is 9.53 Å². The molecule has 0 spiro atoms. The number of rotatable bonds is 5. The van der Waals surface area contributed by atoms with E-state index in [9.17, 15) is 14.0 Å². The molecule has 1 aliphatic rings. The number of hydrazone groups is 1. The summed E-state index contributed by atoms with van der Waals surface area (Å²) in [7, 11) is 0. The van der Waals surface area contributed by atoms with E-state index in [0.29, 0.717) is 12.0 Å². The van der Waals surface area contributed by atoms with Crippen molar-refractivity contribution in [3.05, 3.63) is 79.9 Å². The summed E-state index contributed by atoms with van der Waals surface area (Å²) in [4.78, 5) is 27.0. The number of thiophene rings is 2. The van der Waals surface area contributed by atoms with Gasteiger partial charge in [-0.2, -0.15) is 5.10 Å². The van der Waals surface area contributed by atoms with E-state index in [4.69, 9.17) is 4.74 Å². The molecule has 8 heteroatoms. The Balaban J connectivity index is 1.49. The van der Waals surface area contributed by atoms with Crippen LogP contribution in [0.1, 0.15) is 38.1 Å². The molecule has 3 heterocycles. The van der Waals surface area contributed by atoms with Crippen molar-refractivity contribution in [3.63, 3.8) is 0 Å². The largest absolute Gasteiger partial charge is 0.452 e. The smallest absolute Gasteiger partial charge is 0.338 e. The van der Waals surface area contributed by atoms with E-state index in [-0.39, 0.29) is 11.6 Å². The van der Waals surface area contributed by atoms with Crippen molar-refractivity contribution >= 4 is 40.3 Å². The quantitative estimate of drug-likeness (QED) is 0.549. The second kappa shape index (κ2) is 8.26. The molecule has 0 saturated heterocycles. The van der Waals surface area contributed by atoms with E-state index in [1.807, 2.05) is 35.0 Å². The minimum atomic E-state index is -0.744. The summed E-state index contributed by atoms with van der Waals surface area (Å²) in [6.07, 6.45) is 0.601. The maximum Gasteiger partial charge on any atom is 0.338 e. The van der Waals surface area contributed by atoms with Gasteiger partial charge >= 0.3 is 5.97 Å². The molecule has 0 fully saturated rings. The molecule has 0 radical (unpaired) electrons. The predicted molar refractivity (Wildman–Crippen MR) is 111 cm³/mol. The lowest BCUT2D eigenvalue weighted by Gasteiger charge is -2.20. The van der Waals surface area contributed by atoms with Crippen molar-refractivity contribution in [1.29, 1.82) is 0 Å². The van der Waals surface area contributed by atoms with Gasteiger partial charge in [0.05, 0.1) is 22.2 Å². The van der Waals surface area contributed by atoms with Crippen LogP contribution in [0.25, 0.3) is 0 Å². The molecule has 3 aromatic rings. The fourth-order valence-corrected chi connectivity index (χ4v) is 4.56. The highest BCUT2D eigenvalue weighted by Gasteiger charge is 2.34. The van der Waals surface area contributed by atoms with Gasteiger partial charge in [-0.25, -0.2) is 14.2 Å². The number of nitrogens with zero attached hydrogens (tertiary/aromatic N) is 2. The van der Waals surface area contributed by atoms with Crippen molar-refractivity contribution in [2.45, 2.75) is 19.4 Å². The van der Waals surface area contributed by atoms with E-state index in [0.717, 1.165) is 21.5 Å². The Hall–Kier alpha value is -2.84. The molecule has 2 aromatic heterocycles. The van der Waals surface area contributed by atoms with E-state index in [2.05, 4.69) is 5.10 Å². The van der Waals surface area contributed by atoms with Crippen LogP contribution in [0.15, 0.2) is 58.3 Å². The molecule has 29 heavy (non-hydrogen) atoms. The molecule has 0 saturated carbocycles. The van der Waals surface area contributed by atoms with E-state index in [1.165, 1.54) is 17.1 Å². The first-order valence-corrected chi connectivity index (χ1v) is 10.7. The van der Waals surface area contributed by atoms with Crippen LogP contribution in [0.4, 0.5) is 4.39 Å². The number of benzene rings is 1. The fraction of sp³-hybridized carbons (Fsp3) is 0.190. The minimum Gasteiger partial charge on any atom is -0.452 e. The Bertz CT molecular complexity index is 1060. The van der Waals surface area contributed by atoms with Crippen molar-refractivity contribution in [2.75, 3.05) is 6.61 Å². The van der Waals surface area contributed by atoms with Crippen molar-refractivity contribution < 1.29 is 18.7 Å². The van der Waals surface area contributed by atoms with Crippen molar-refractivity contribution in [2.24, 2.45) is 5.10 Å². The summed E-state index contributed by atoms with van der Waals surface area (Å²) < 4.78 is 18.8. The lowest BCUT2D eigenvalue weighted by molar-refractivity contribution is -0.136. The topological polar surface area (TPSA) is 59.0 Å². The number of aryl methyl sites for hydroxylation is 1. The normalized spacial score (nSPS) is 16.0. The van der Waals surface area contributed by atoms with Gasteiger partial charge in [0.2, 0.25) is 0 Å². The van der Waals surface area contributed by atoms with Crippen molar-refractivity contribution in [3.8, 4) is 0 Å². The molecule has 5 nitrogen and oxygen atoms in total. The predicted octanol–water partition coefficient (Wildman–Crippen LogP) is 4.79. The maximum atomic E-state index is 13.7. The Morgan fingerprint density at radius 2 is 2.00 bits per heavy atom. The molecular formula is C21H17FN2O3S2. The highest BCUT2D eigenvalue weighted by Crippen LogP contribution is 2.35. The molecular weight excluding hydrogens is 411 g/mol. The highest BCUT2D eigenvalue weighted by atomic mass is 32.1. The summed E-state index contributed by atoms with van der Waals surface area (Å²) in [5, 5.41) is 9.82. The van der Waals surface area contributed by atoms with Crippen LogP contribution in [-0.4, -0.2) is 29.2 Å². The fourth-order valence-electron chi connectivity index (χ4n) is 3.03. The van der Waals surface area contributed by atoms with Crippen molar-refractivity contribution in [1.82, 2.24) is 5.01 Å². The van der Waals surface area contributed by atoms with Crippen LogP contribution in [0.2, 0.25) is 0 Å². The molecule has 1 amide bonds. The van der Waals surface area contributed by atoms with Crippen LogP contribution in [0.3, 0.4) is 0 Å². The summed E-state index contributed by atoms with van der Waals surface area (Å²) in [6, 6.07) is 11.7. The first-order chi connectivity index (χ1) is 14.0. The molecule has 1 aliphatic heterocycles. The van der Waals surface area contributed by atoms with Crippen LogP contribution in [0, 0.1) is 12.7 Å². The molecule has 0 N–H and O–H groups in total. The highest BCUT2D eigenvalue weighted by molar-refractivity contribution is 7.12. The molecule has 0 bridgehead atoms. The van der Waals surface area contributed by atoms with Gasteiger partial charge in [0.1, 0.15) is 5.82 Å². The number of halogens is 1. The standard InChI is InChI=1S/C21H17FN2O3S2/c1-13-6-7-14(10-15(13)22)21(26)27-12-20(25)24-17(19-5-3-9-29-19)11-16(23-24)18-4-2-8-28-18/h2-10,17H,11-12H2,1H3. The van der Waals surface area contributed by atoms with E-state index < -0.39 is 24.3 Å². The Morgan fingerprint density at radius 3 is 2.69 bits per heavy atom. The molecule has 1 unspecified atom stereocenters. The number of carbonyl (C=O) groups is 2. The first kappa shape index (κ1) is 19.5. The average molecular weight is 429 g/mol. The third-order valence-electron chi connectivity index (χ3n) is 4.58. The van der Waals surface area contributed by atoms with E-state index in [1.54, 1.807) is 29.6 Å². The zero-order valence-electron chi connectivity index (χ0n) is 15.5. The molecule has 1 atom stereocenters. The Morgan fingerprint density at radius 1 is 1.21 bits per heavy atom. The van der Waals surface area contributed by atoms with E-state index >= 15 is 0 Å². The zero-order valence-corrected chi connectivity index (χ0v) is 17.1. The second-order valence-corrected chi connectivity index (χ2v) is 8.46. The number of hydrogen-bond acceptors (Lipinski definition) is 6.